The van der Waals surface area contributed by atoms with E-state index in [2.05, 4.69) is 0 Å². The van der Waals surface area contributed by atoms with E-state index in [4.69, 9.17) is 5.21 Å². The van der Waals surface area contributed by atoms with E-state index in [1.165, 1.54) is 0 Å². The van der Waals surface area contributed by atoms with Gasteiger partial charge < -0.3 is 0 Å². The monoisotopic (exact) mass is 205 g/mol. The van der Waals surface area contributed by atoms with Crippen molar-refractivity contribution in [2.75, 3.05) is 0 Å². The van der Waals surface area contributed by atoms with E-state index in [-0.39, 0.29) is 44.1 Å². The van der Waals surface area contributed by atoms with Crippen LogP contribution in [0, 0.1) is 0 Å². The van der Waals surface area contributed by atoms with Crippen molar-refractivity contribution in [2.45, 2.75) is 12.8 Å². The van der Waals surface area contributed by atoms with Gasteiger partial charge in [-0.25, -0.2) is 0 Å². The largest absolute Gasteiger partial charge is 0.279 e. The maximum absolute atomic E-state index is 10.2. The summed E-state index contributed by atoms with van der Waals surface area (Å²) < 4.78 is 0. The minimum absolute atomic E-state index is 0. The van der Waals surface area contributed by atoms with Crippen molar-refractivity contribution in [3.63, 3.8) is 0 Å². The van der Waals surface area contributed by atoms with Gasteiger partial charge in [-0.1, -0.05) is 0 Å². The zero-order valence-electron chi connectivity index (χ0n) is 4.63. The minimum Gasteiger partial charge on any atom is -0.279 e. The maximum Gasteiger partial charge on any atom is 0.253 e. The molecule has 0 bridgehead atoms. The fraction of sp³-hybridized carbons (Fsp3) is 0.500. The molecule has 4 nitrogen and oxygen atoms in total. The molecule has 1 saturated heterocycles. The summed E-state index contributed by atoms with van der Waals surface area (Å²) in [5.41, 5.74) is 0. The molecule has 0 radical (unpaired) electrons. The molecule has 0 saturated carbocycles. The molecule has 0 atom stereocenters. The Bertz CT molecular complexity index is 131. The van der Waals surface area contributed by atoms with Crippen molar-refractivity contribution < 1.29 is 41.0 Å². The third-order valence-corrected chi connectivity index (χ3v) is 1.03. The second-order valence-corrected chi connectivity index (χ2v) is 1.60. The van der Waals surface area contributed by atoms with Gasteiger partial charge in [0.1, 0.15) is 0 Å². The van der Waals surface area contributed by atoms with E-state index in [1.807, 2.05) is 0 Å². The Balaban J connectivity index is 0.000000640. The van der Waals surface area contributed by atoms with Crippen molar-refractivity contribution >= 4 is 11.8 Å². The SMILES string of the molecule is O=C1CCC(=O)N1O.[Zr]. The molecule has 1 fully saturated rings. The standard InChI is InChI=1S/C4H5NO3.Zr/c6-3-1-2-4(7)5(3)8;/h8H,1-2H2;. The van der Waals surface area contributed by atoms with Gasteiger partial charge >= 0.3 is 0 Å². The van der Waals surface area contributed by atoms with Crippen LogP contribution in [0.3, 0.4) is 0 Å². The van der Waals surface area contributed by atoms with Crippen LogP contribution in [0.25, 0.3) is 0 Å². The summed E-state index contributed by atoms with van der Waals surface area (Å²) in [5.74, 6) is -1.01. The van der Waals surface area contributed by atoms with Crippen molar-refractivity contribution in [2.24, 2.45) is 0 Å². The summed E-state index contributed by atoms with van der Waals surface area (Å²) in [7, 11) is 0. The van der Waals surface area contributed by atoms with E-state index >= 15 is 0 Å². The van der Waals surface area contributed by atoms with Crippen LogP contribution < -0.4 is 0 Å². The predicted octanol–water partition coefficient (Wildman–Crippen LogP) is -0.478. The molecule has 1 N–H and O–H groups in total. The average molecular weight is 206 g/mol. The fourth-order valence-corrected chi connectivity index (χ4v) is 0.565. The number of amides is 2. The fourth-order valence-electron chi connectivity index (χ4n) is 0.565. The first-order valence-corrected chi connectivity index (χ1v) is 2.26. The van der Waals surface area contributed by atoms with Crippen LogP contribution in [0.4, 0.5) is 0 Å². The van der Waals surface area contributed by atoms with Crippen LogP contribution in [-0.2, 0) is 35.8 Å². The van der Waals surface area contributed by atoms with Crippen molar-refractivity contribution in [1.29, 1.82) is 0 Å². The van der Waals surface area contributed by atoms with Crippen LogP contribution in [-0.4, -0.2) is 22.1 Å². The Hall–Kier alpha value is -0.0169. The molecule has 0 aromatic heterocycles. The molecule has 1 aliphatic rings. The van der Waals surface area contributed by atoms with Gasteiger partial charge in [-0.2, -0.15) is 5.06 Å². The summed E-state index contributed by atoms with van der Waals surface area (Å²) in [6.07, 6.45) is 0.296. The Morgan fingerprint density at radius 3 is 1.67 bits per heavy atom. The number of hydrogen-bond donors (Lipinski definition) is 1. The Morgan fingerprint density at radius 1 is 1.22 bits per heavy atom. The molecule has 0 spiro atoms. The number of hydroxylamine groups is 2. The first kappa shape index (κ1) is 8.98. The quantitative estimate of drug-likeness (QED) is 0.430. The van der Waals surface area contributed by atoms with Gasteiger partial charge in [0.05, 0.1) is 0 Å². The van der Waals surface area contributed by atoms with Crippen molar-refractivity contribution in [3.05, 3.63) is 0 Å². The summed E-state index contributed by atoms with van der Waals surface area (Å²) in [4.78, 5) is 20.5. The molecule has 2 amide bonds. The zero-order chi connectivity index (χ0) is 6.15. The minimum atomic E-state index is -0.505. The number of hydrogen-bond acceptors (Lipinski definition) is 3. The molecule has 5 heteroatoms. The van der Waals surface area contributed by atoms with E-state index in [0.717, 1.165) is 0 Å². The van der Waals surface area contributed by atoms with Gasteiger partial charge in [-0.15, -0.1) is 0 Å². The summed E-state index contributed by atoms with van der Waals surface area (Å²) >= 11 is 0. The molecule has 0 aromatic rings. The van der Waals surface area contributed by atoms with Crippen LogP contribution in [0.15, 0.2) is 0 Å². The van der Waals surface area contributed by atoms with Gasteiger partial charge in [0.15, 0.2) is 0 Å². The van der Waals surface area contributed by atoms with E-state index in [9.17, 15) is 9.59 Å². The van der Waals surface area contributed by atoms with Gasteiger partial charge in [0.25, 0.3) is 11.8 Å². The molecule has 0 aliphatic carbocycles. The number of carbonyl (C=O) groups excluding carboxylic acids is 2. The maximum atomic E-state index is 10.2. The average Bonchev–Trinajstić information content (AvgIpc) is 1.98. The second-order valence-electron chi connectivity index (χ2n) is 1.60. The molecule has 1 rings (SSSR count). The summed E-state index contributed by atoms with van der Waals surface area (Å²) in [6, 6.07) is 0. The number of imide groups is 1. The molecular weight excluding hydrogens is 201 g/mol. The topological polar surface area (TPSA) is 57.6 Å². The van der Waals surface area contributed by atoms with Gasteiger partial charge in [0.2, 0.25) is 0 Å². The first-order chi connectivity index (χ1) is 3.72. The molecule has 1 heterocycles. The van der Waals surface area contributed by atoms with Gasteiger partial charge in [0, 0.05) is 39.0 Å². The van der Waals surface area contributed by atoms with Crippen LogP contribution in [0.1, 0.15) is 12.8 Å². The van der Waals surface area contributed by atoms with Gasteiger partial charge in [-0.3, -0.25) is 14.8 Å². The normalized spacial score (nSPS) is 18.1. The first-order valence-electron chi connectivity index (χ1n) is 2.26. The van der Waals surface area contributed by atoms with Gasteiger partial charge in [-0.05, 0) is 0 Å². The number of carbonyl (C=O) groups is 2. The van der Waals surface area contributed by atoms with Crippen molar-refractivity contribution in [3.8, 4) is 0 Å². The summed E-state index contributed by atoms with van der Waals surface area (Å²) in [6.45, 7) is 0. The Morgan fingerprint density at radius 2 is 1.56 bits per heavy atom. The van der Waals surface area contributed by atoms with E-state index in [0.29, 0.717) is 0 Å². The molecule has 48 valence electrons. The van der Waals surface area contributed by atoms with Crippen LogP contribution in [0.5, 0.6) is 0 Å². The summed E-state index contributed by atoms with van der Waals surface area (Å²) in [5, 5.41) is 8.57. The van der Waals surface area contributed by atoms with Crippen molar-refractivity contribution in [1.82, 2.24) is 5.06 Å². The number of nitrogens with zero attached hydrogens (tertiary/aromatic N) is 1. The third-order valence-electron chi connectivity index (χ3n) is 1.03. The predicted molar refractivity (Wildman–Crippen MR) is 22.9 cm³/mol. The molecular formula is C4H5NO3Zr. The Kier molecular flexibility index (Phi) is 3.22. The third kappa shape index (κ3) is 1.70. The molecule has 0 aromatic carbocycles. The molecule has 9 heavy (non-hydrogen) atoms. The second kappa shape index (κ2) is 3.23. The van der Waals surface area contributed by atoms with E-state index in [1.54, 1.807) is 0 Å². The number of rotatable bonds is 0. The van der Waals surface area contributed by atoms with E-state index < -0.39 is 11.8 Å². The molecule has 1 aliphatic heterocycles. The van der Waals surface area contributed by atoms with Crippen LogP contribution >= 0.6 is 0 Å². The molecule has 0 unspecified atom stereocenters. The smallest absolute Gasteiger partial charge is 0.253 e. The van der Waals surface area contributed by atoms with Crippen LogP contribution in [0.2, 0.25) is 0 Å². The Labute approximate surface area is 70.9 Å². The zero-order valence-corrected chi connectivity index (χ0v) is 7.08.